The monoisotopic (exact) mass is 328 g/mol. The highest BCUT2D eigenvalue weighted by Gasteiger charge is 2.33. The number of rotatable bonds is 2. The fourth-order valence-corrected chi connectivity index (χ4v) is 3.29. The standard InChI is InChI=1S/C17H13BrO2/c1-20-17(19)15(10-18)16-13-8-4-2-6-11(13)12-7-3-5-9-14(12)16/h2-10,16H,1H3/b15-10-. The molecular weight excluding hydrogens is 316 g/mol. The minimum absolute atomic E-state index is 0.0748. The van der Waals surface area contributed by atoms with Crippen LogP contribution in [0.4, 0.5) is 0 Å². The molecule has 3 heteroatoms. The number of carbonyl (C=O) groups excluding carboxylic acids is 1. The van der Waals surface area contributed by atoms with Crippen LogP contribution in [-0.2, 0) is 9.53 Å². The van der Waals surface area contributed by atoms with Crippen LogP contribution in [0.3, 0.4) is 0 Å². The smallest absolute Gasteiger partial charge is 0.335 e. The molecule has 0 amide bonds. The number of halogens is 1. The number of benzene rings is 2. The van der Waals surface area contributed by atoms with Gasteiger partial charge in [-0.1, -0.05) is 64.5 Å². The van der Waals surface area contributed by atoms with Gasteiger partial charge in [-0.15, -0.1) is 0 Å². The lowest BCUT2D eigenvalue weighted by molar-refractivity contribution is -0.136. The predicted octanol–water partition coefficient (Wildman–Crippen LogP) is 4.25. The minimum atomic E-state index is -0.307. The molecule has 3 rings (SSSR count). The number of fused-ring (bicyclic) bond motifs is 3. The molecule has 0 aromatic heterocycles. The van der Waals surface area contributed by atoms with Gasteiger partial charge in [0.05, 0.1) is 12.7 Å². The van der Waals surface area contributed by atoms with E-state index in [1.165, 1.54) is 18.2 Å². The zero-order valence-electron chi connectivity index (χ0n) is 11.0. The third kappa shape index (κ3) is 1.90. The van der Waals surface area contributed by atoms with E-state index in [0.29, 0.717) is 5.57 Å². The van der Waals surface area contributed by atoms with Crippen molar-refractivity contribution in [3.63, 3.8) is 0 Å². The second-order valence-electron chi connectivity index (χ2n) is 4.66. The van der Waals surface area contributed by atoms with Gasteiger partial charge in [-0.25, -0.2) is 4.79 Å². The van der Waals surface area contributed by atoms with Crippen LogP contribution in [0.2, 0.25) is 0 Å². The van der Waals surface area contributed by atoms with Crippen molar-refractivity contribution < 1.29 is 9.53 Å². The first-order chi connectivity index (χ1) is 9.77. The van der Waals surface area contributed by atoms with E-state index in [9.17, 15) is 4.79 Å². The first-order valence-corrected chi connectivity index (χ1v) is 7.26. The van der Waals surface area contributed by atoms with Gasteiger partial charge in [-0.3, -0.25) is 0 Å². The normalized spacial score (nSPS) is 13.8. The maximum absolute atomic E-state index is 12.0. The van der Waals surface area contributed by atoms with E-state index >= 15 is 0 Å². The fraction of sp³-hybridized carbons (Fsp3) is 0.118. The molecule has 1 aliphatic rings. The summed E-state index contributed by atoms with van der Waals surface area (Å²) < 4.78 is 4.91. The zero-order valence-corrected chi connectivity index (χ0v) is 12.6. The zero-order chi connectivity index (χ0) is 14.1. The number of methoxy groups -OCH3 is 1. The lowest BCUT2D eigenvalue weighted by atomic mass is 9.90. The van der Waals surface area contributed by atoms with Crippen LogP contribution >= 0.6 is 15.9 Å². The Bertz CT molecular complexity index is 658. The SMILES string of the molecule is COC(=O)/C(=C\Br)C1c2ccccc2-c2ccccc21. The Morgan fingerprint density at radius 3 is 2.00 bits per heavy atom. The second-order valence-corrected chi connectivity index (χ2v) is 5.12. The topological polar surface area (TPSA) is 26.3 Å². The molecule has 1 aliphatic carbocycles. The average molecular weight is 329 g/mol. The van der Waals surface area contributed by atoms with Crippen LogP contribution in [0.25, 0.3) is 11.1 Å². The number of hydrogen-bond donors (Lipinski definition) is 0. The summed E-state index contributed by atoms with van der Waals surface area (Å²) in [5, 5.41) is 0. The molecule has 20 heavy (non-hydrogen) atoms. The molecule has 0 aliphatic heterocycles. The third-order valence-corrected chi connectivity index (χ3v) is 4.18. The molecule has 0 unspecified atom stereocenters. The molecule has 2 nitrogen and oxygen atoms in total. The molecule has 0 saturated carbocycles. The molecule has 0 spiro atoms. The van der Waals surface area contributed by atoms with E-state index < -0.39 is 0 Å². The number of carbonyl (C=O) groups is 1. The quantitative estimate of drug-likeness (QED) is 0.608. The molecule has 0 heterocycles. The van der Waals surface area contributed by atoms with E-state index in [4.69, 9.17) is 4.74 Å². The highest BCUT2D eigenvalue weighted by molar-refractivity contribution is 9.11. The van der Waals surface area contributed by atoms with E-state index in [1.54, 1.807) is 4.99 Å². The van der Waals surface area contributed by atoms with Gasteiger partial charge in [-0.05, 0) is 27.2 Å². The fourth-order valence-electron chi connectivity index (χ4n) is 2.83. The average Bonchev–Trinajstić information content (AvgIpc) is 2.83. The molecule has 0 N–H and O–H groups in total. The molecule has 2 aromatic rings. The van der Waals surface area contributed by atoms with Crippen LogP contribution in [0.1, 0.15) is 17.0 Å². The molecule has 2 aromatic carbocycles. The summed E-state index contributed by atoms with van der Waals surface area (Å²) in [5.41, 5.74) is 5.27. The van der Waals surface area contributed by atoms with Crippen molar-refractivity contribution >= 4 is 21.9 Å². The van der Waals surface area contributed by atoms with E-state index in [0.717, 1.165) is 11.1 Å². The number of hydrogen-bond acceptors (Lipinski definition) is 2. The molecule has 0 radical (unpaired) electrons. The molecule has 100 valence electrons. The molecule has 0 fully saturated rings. The Morgan fingerprint density at radius 2 is 1.55 bits per heavy atom. The molecular formula is C17H13BrO2. The predicted molar refractivity (Wildman–Crippen MR) is 82.7 cm³/mol. The van der Waals surface area contributed by atoms with Crippen molar-refractivity contribution in [1.29, 1.82) is 0 Å². The van der Waals surface area contributed by atoms with Gasteiger partial charge < -0.3 is 4.74 Å². The largest absolute Gasteiger partial charge is 0.466 e. The summed E-state index contributed by atoms with van der Waals surface area (Å²) in [6.07, 6.45) is 0. The van der Waals surface area contributed by atoms with Crippen LogP contribution in [0.15, 0.2) is 59.1 Å². The van der Waals surface area contributed by atoms with Gasteiger partial charge in [0.25, 0.3) is 0 Å². The lowest BCUT2D eigenvalue weighted by Gasteiger charge is -2.15. The molecule has 0 atom stereocenters. The summed E-state index contributed by atoms with van der Waals surface area (Å²) in [7, 11) is 1.41. The summed E-state index contributed by atoms with van der Waals surface area (Å²) in [6.45, 7) is 0. The van der Waals surface area contributed by atoms with E-state index in [1.807, 2.05) is 24.3 Å². The summed E-state index contributed by atoms with van der Waals surface area (Å²) in [6, 6.07) is 16.4. The van der Waals surface area contributed by atoms with E-state index in [2.05, 4.69) is 40.2 Å². The molecule has 0 bridgehead atoms. The Balaban J connectivity index is 2.24. The number of ether oxygens (including phenoxy) is 1. The van der Waals surface area contributed by atoms with Gasteiger partial charge in [0, 0.05) is 5.92 Å². The van der Waals surface area contributed by atoms with Crippen molar-refractivity contribution in [2.75, 3.05) is 7.11 Å². The highest BCUT2D eigenvalue weighted by Crippen LogP contribution is 2.48. The van der Waals surface area contributed by atoms with Crippen molar-refractivity contribution in [3.05, 3.63) is 70.2 Å². The lowest BCUT2D eigenvalue weighted by Crippen LogP contribution is -2.12. The van der Waals surface area contributed by atoms with E-state index in [-0.39, 0.29) is 11.9 Å². The Labute approximate surface area is 126 Å². The summed E-state index contributed by atoms with van der Waals surface area (Å²) in [5.74, 6) is -0.382. The Kier molecular flexibility index (Phi) is 3.45. The van der Waals surface area contributed by atoms with Crippen molar-refractivity contribution in [2.24, 2.45) is 0 Å². The third-order valence-electron chi connectivity index (χ3n) is 3.68. The first kappa shape index (κ1) is 13.1. The van der Waals surface area contributed by atoms with Gasteiger partial charge in [-0.2, -0.15) is 0 Å². The van der Waals surface area contributed by atoms with Crippen LogP contribution in [-0.4, -0.2) is 13.1 Å². The van der Waals surface area contributed by atoms with Gasteiger partial charge in [0.15, 0.2) is 0 Å². The van der Waals surface area contributed by atoms with Crippen molar-refractivity contribution in [1.82, 2.24) is 0 Å². The maximum atomic E-state index is 12.0. The van der Waals surface area contributed by atoms with Gasteiger partial charge >= 0.3 is 5.97 Å². The van der Waals surface area contributed by atoms with Crippen LogP contribution in [0.5, 0.6) is 0 Å². The second kappa shape index (κ2) is 5.25. The summed E-state index contributed by atoms with van der Waals surface area (Å²) in [4.78, 5) is 13.7. The highest BCUT2D eigenvalue weighted by atomic mass is 79.9. The minimum Gasteiger partial charge on any atom is -0.466 e. The van der Waals surface area contributed by atoms with Crippen molar-refractivity contribution in [3.8, 4) is 11.1 Å². The first-order valence-electron chi connectivity index (χ1n) is 6.34. The van der Waals surface area contributed by atoms with Crippen LogP contribution in [0, 0.1) is 0 Å². The van der Waals surface area contributed by atoms with Gasteiger partial charge in [0.1, 0.15) is 0 Å². The maximum Gasteiger partial charge on any atom is 0.335 e. The van der Waals surface area contributed by atoms with Crippen molar-refractivity contribution in [2.45, 2.75) is 5.92 Å². The van der Waals surface area contributed by atoms with Crippen LogP contribution < -0.4 is 0 Å². The Hall–Kier alpha value is -1.87. The number of esters is 1. The Morgan fingerprint density at radius 1 is 1.05 bits per heavy atom. The summed E-state index contributed by atoms with van der Waals surface area (Å²) >= 11 is 3.31. The molecule has 0 saturated heterocycles. The van der Waals surface area contributed by atoms with Gasteiger partial charge in [0.2, 0.25) is 0 Å².